The van der Waals surface area contributed by atoms with E-state index in [-0.39, 0.29) is 5.41 Å². The van der Waals surface area contributed by atoms with E-state index in [1.54, 1.807) is 18.6 Å². The van der Waals surface area contributed by atoms with Gasteiger partial charge in [0.25, 0.3) is 0 Å². The molecule has 2 fully saturated rings. The fraction of sp³-hybridized carbons (Fsp3) is 0.735. The summed E-state index contributed by atoms with van der Waals surface area (Å²) in [6, 6.07) is 3.20. The minimum Gasteiger partial charge on any atom is -0.383 e. The summed E-state index contributed by atoms with van der Waals surface area (Å²) >= 11 is 1.91. The largest absolute Gasteiger partial charge is 0.383 e. The maximum atomic E-state index is 4.35. The van der Waals surface area contributed by atoms with Crippen molar-refractivity contribution in [1.82, 2.24) is 25.1 Å². The van der Waals surface area contributed by atoms with Gasteiger partial charge in [-0.1, -0.05) is 68.0 Å². The van der Waals surface area contributed by atoms with Crippen LogP contribution in [0.4, 0.5) is 5.82 Å². The monoisotopic (exact) mass is 604 g/mol. The van der Waals surface area contributed by atoms with Crippen molar-refractivity contribution in [2.75, 3.05) is 63.1 Å². The highest BCUT2D eigenvalue weighted by atomic mass is 32.2. The Morgan fingerprint density at radius 2 is 1.74 bits per heavy atom. The Balaban J connectivity index is 0.000000650. The Labute approximate surface area is 264 Å². The van der Waals surface area contributed by atoms with E-state index < -0.39 is 0 Å². The number of aliphatic imine (C=N–C) groups is 1. The molecule has 0 unspecified atom stereocenters. The molecular weight excluding hydrogens is 538 g/mol. The molecule has 2 aliphatic rings. The van der Waals surface area contributed by atoms with E-state index in [2.05, 4.69) is 109 Å². The number of aromatic nitrogens is 2. The number of nitrogens with one attached hydrogen (secondary N) is 2. The highest BCUT2D eigenvalue weighted by Gasteiger charge is 2.26. The molecule has 0 aliphatic carbocycles. The van der Waals surface area contributed by atoms with Crippen molar-refractivity contribution in [3.63, 3.8) is 0 Å². The second-order valence-corrected chi connectivity index (χ2v) is 13.4. The second kappa shape index (κ2) is 23.5. The van der Waals surface area contributed by atoms with Gasteiger partial charge in [0.05, 0.1) is 11.7 Å². The third-order valence-electron chi connectivity index (χ3n) is 6.57. The summed E-state index contributed by atoms with van der Waals surface area (Å²) in [5, 5.41) is 6.90. The van der Waals surface area contributed by atoms with Crippen LogP contribution in [-0.2, 0) is 5.41 Å². The van der Waals surface area contributed by atoms with Gasteiger partial charge in [-0.25, -0.2) is 9.97 Å². The SMILES string of the molecule is C=CC(=C)NC1CCN(CC(C)C)CC1.CC=NCC.CCC.CSCCN1CC(Nc2cc(C(C)(C)C)ncn2)C1. The fourth-order valence-corrected chi connectivity index (χ4v) is 4.84. The topological polar surface area (TPSA) is 68.7 Å². The van der Waals surface area contributed by atoms with Crippen LogP contribution < -0.4 is 10.6 Å². The van der Waals surface area contributed by atoms with E-state index in [0.717, 1.165) is 42.8 Å². The molecule has 42 heavy (non-hydrogen) atoms. The third kappa shape index (κ3) is 19.3. The van der Waals surface area contributed by atoms with Crippen LogP contribution >= 0.6 is 11.8 Å². The van der Waals surface area contributed by atoms with Crippen LogP contribution in [0.1, 0.15) is 87.3 Å². The molecule has 1 aromatic rings. The summed E-state index contributed by atoms with van der Waals surface area (Å²) in [5.41, 5.74) is 2.12. The zero-order valence-electron chi connectivity index (χ0n) is 28.9. The molecule has 3 rings (SSSR count). The highest BCUT2D eigenvalue weighted by molar-refractivity contribution is 7.98. The quantitative estimate of drug-likeness (QED) is 0.206. The third-order valence-corrected chi connectivity index (χ3v) is 7.16. The van der Waals surface area contributed by atoms with Crippen LogP contribution in [0.3, 0.4) is 0 Å². The number of piperidine rings is 1. The van der Waals surface area contributed by atoms with Gasteiger partial charge < -0.3 is 15.5 Å². The Hall–Kier alpha value is -1.90. The van der Waals surface area contributed by atoms with Crippen LogP contribution in [0.5, 0.6) is 0 Å². The molecule has 0 amide bonds. The average molecular weight is 604 g/mol. The van der Waals surface area contributed by atoms with Gasteiger partial charge in [-0.2, -0.15) is 11.8 Å². The van der Waals surface area contributed by atoms with Crippen molar-refractivity contribution in [3.05, 3.63) is 43.0 Å². The number of rotatable bonds is 11. The fourth-order valence-electron chi connectivity index (χ4n) is 4.40. The molecule has 1 aromatic heterocycles. The number of anilines is 1. The molecule has 242 valence electrons. The van der Waals surface area contributed by atoms with Crippen LogP contribution in [-0.4, -0.2) is 95.9 Å². The van der Waals surface area contributed by atoms with E-state index in [0.29, 0.717) is 12.1 Å². The predicted molar refractivity (Wildman–Crippen MR) is 190 cm³/mol. The predicted octanol–water partition coefficient (Wildman–Crippen LogP) is 7.14. The molecule has 0 spiro atoms. The zero-order chi connectivity index (χ0) is 32.0. The van der Waals surface area contributed by atoms with E-state index in [9.17, 15) is 0 Å². The zero-order valence-corrected chi connectivity index (χ0v) is 29.7. The standard InChI is InChI=1S/C14H24N4S.C13H24N2.C4H9N.C3H8/c1-14(2,3)12-7-13(16-10-15-12)17-11-8-18(9-11)5-6-19-4;1-5-12(4)14-13-6-8-15(9-7-13)10-11(2)3;1-3-5-4-2;1-3-2/h7,10-11H,5-6,8-9H2,1-4H3,(H,15,16,17);5,11,13-14H,1,4,6-10H2,2-3H3;3H,4H2,1-2H3;3H2,1-2H3. The molecule has 0 saturated carbocycles. The first kappa shape index (κ1) is 40.1. The van der Waals surface area contributed by atoms with Gasteiger partial charge in [-0.15, -0.1) is 0 Å². The second-order valence-electron chi connectivity index (χ2n) is 12.4. The molecule has 0 bridgehead atoms. The van der Waals surface area contributed by atoms with E-state index in [4.69, 9.17) is 0 Å². The molecule has 2 saturated heterocycles. The van der Waals surface area contributed by atoms with Crippen molar-refractivity contribution in [2.24, 2.45) is 10.9 Å². The van der Waals surface area contributed by atoms with Gasteiger partial charge >= 0.3 is 0 Å². The first-order valence-electron chi connectivity index (χ1n) is 16.0. The molecule has 0 atom stereocenters. The van der Waals surface area contributed by atoms with Crippen LogP contribution in [0.25, 0.3) is 0 Å². The minimum absolute atomic E-state index is 0.0728. The first-order valence-corrected chi connectivity index (χ1v) is 17.4. The maximum Gasteiger partial charge on any atom is 0.129 e. The maximum absolute atomic E-state index is 4.35. The molecule has 7 nitrogen and oxygen atoms in total. The summed E-state index contributed by atoms with van der Waals surface area (Å²) in [5.74, 6) is 2.95. The summed E-state index contributed by atoms with van der Waals surface area (Å²) in [6.07, 6.45) is 11.1. The number of likely N-dealkylation sites (tertiary alicyclic amines) is 2. The summed E-state index contributed by atoms with van der Waals surface area (Å²) in [7, 11) is 0. The van der Waals surface area contributed by atoms with Crippen molar-refractivity contribution in [1.29, 1.82) is 0 Å². The lowest BCUT2D eigenvalue weighted by molar-refractivity contribution is 0.173. The number of hydrogen-bond donors (Lipinski definition) is 2. The molecular formula is C34H65N7S. The van der Waals surface area contributed by atoms with E-state index >= 15 is 0 Å². The first-order chi connectivity index (χ1) is 19.9. The minimum atomic E-state index is 0.0728. The lowest BCUT2D eigenvalue weighted by Gasteiger charge is -2.39. The molecule has 3 heterocycles. The summed E-state index contributed by atoms with van der Waals surface area (Å²) in [6.45, 7) is 34.9. The Bertz CT molecular complexity index is 852. The smallest absolute Gasteiger partial charge is 0.129 e. The molecule has 0 aromatic carbocycles. The van der Waals surface area contributed by atoms with Crippen LogP contribution in [0, 0.1) is 5.92 Å². The van der Waals surface area contributed by atoms with Gasteiger partial charge in [-0.3, -0.25) is 9.89 Å². The van der Waals surface area contributed by atoms with Crippen molar-refractivity contribution < 1.29 is 0 Å². The Morgan fingerprint density at radius 1 is 1.12 bits per heavy atom. The van der Waals surface area contributed by atoms with E-state index in [1.807, 2.05) is 25.6 Å². The summed E-state index contributed by atoms with van der Waals surface area (Å²) < 4.78 is 0. The molecule has 2 N–H and O–H groups in total. The molecule has 8 heteroatoms. The van der Waals surface area contributed by atoms with Crippen molar-refractivity contribution >= 4 is 23.8 Å². The van der Waals surface area contributed by atoms with Gasteiger partial charge in [0.1, 0.15) is 12.1 Å². The average Bonchev–Trinajstić information content (AvgIpc) is 2.92. The number of hydrogen-bond acceptors (Lipinski definition) is 8. The van der Waals surface area contributed by atoms with Gasteiger partial charge in [-0.05, 0) is 51.2 Å². The highest BCUT2D eigenvalue weighted by Crippen LogP contribution is 2.22. The lowest BCUT2D eigenvalue weighted by Crippen LogP contribution is -2.55. The normalized spacial score (nSPS) is 16.3. The van der Waals surface area contributed by atoms with E-state index in [1.165, 1.54) is 51.2 Å². The summed E-state index contributed by atoms with van der Waals surface area (Å²) in [4.78, 5) is 17.5. The van der Waals surface area contributed by atoms with Crippen LogP contribution in [0.15, 0.2) is 42.3 Å². The van der Waals surface area contributed by atoms with Gasteiger partial charge in [0, 0.05) is 74.8 Å². The van der Waals surface area contributed by atoms with Gasteiger partial charge in [0.2, 0.25) is 0 Å². The molecule has 2 aliphatic heterocycles. The Morgan fingerprint density at radius 3 is 2.19 bits per heavy atom. The Kier molecular flexibility index (Phi) is 22.5. The van der Waals surface area contributed by atoms with Crippen LogP contribution in [0.2, 0.25) is 0 Å². The number of thioether (sulfide) groups is 1. The van der Waals surface area contributed by atoms with Crippen molar-refractivity contribution in [2.45, 2.75) is 99.1 Å². The van der Waals surface area contributed by atoms with Gasteiger partial charge in [0.15, 0.2) is 0 Å². The molecule has 0 radical (unpaired) electrons. The number of allylic oxidation sites excluding steroid dienone is 1. The lowest BCUT2D eigenvalue weighted by atomic mass is 9.92. The number of nitrogens with zero attached hydrogens (tertiary/aromatic N) is 5. The van der Waals surface area contributed by atoms with Crippen molar-refractivity contribution in [3.8, 4) is 0 Å².